The van der Waals surface area contributed by atoms with Crippen LogP contribution in [0.15, 0.2) is 92.0 Å². The van der Waals surface area contributed by atoms with E-state index in [9.17, 15) is 19.2 Å². The predicted molar refractivity (Wildman–Crippen MR) is 171 cm³/mol. The first kappa shape index (κ1) is 35.2. The van der Waals surface area contributed by atoms with Gasteiger partial charge in [0.05, 0.1) is 11.3 Å². The van der Waals surface area contributed by atoms with Gasteiger partial charge in [-0.05, 0) is 96.7 Å². The van der Waals surface area contributed by atoms with Crippen LogP contribution in [0.1, 0.15) is 41.2 Å². The van der Waals surface area contributed by atoms with Crippen molar-refractivity contribution in [2.24, 2.45) is 5.73 Å². The van der Waals surface area contributed by atoms with Crippen molar-refractivity contribution in [3.63, 3.8) is 0 Å². The summed E-state index contributed by atoms with van der Waals surface area (Å²) >= 11 is 14.7. The third-order valence-corrected chi connectivity index (χ3v) is 6.67. The molecule has 2 N–H and O–H groups in total. The number of allylic oxidation sites excluding steroid dienone is 1. The number of nitrogens with two attached hydrogens (primary N) is 1. The Morgan fingerprint density at radius 1 is 0.907 bits per heavy atom. The zero-order valence-corrected chi connectivity index (χ0v) is 25.7. The third kappa shape index (κ3) is 12.0. The molecule has 0 saturated carbocycles. The van der Waals surface area contributed by atoms with Crippen LogP contribution in [0.25, 0.3) is 11.3 Å². The van der Waals surface area contributed by atoms with E-state index >= 15 is 0 Å². The van der Waals surface area contributed by atoms with Crippen molar-refractivity contribution in [3.05, 3.63) is 103 Å². The second-order valence-corrected chi connectivity index (χ2v) is 10.2. The number of ether oxygens (including phenoxy) is 1. The minimum Gasteiger partial charge on any atom is -0.457 e. The molecule has 11 heteroatoms. The molecular formula is C32H32Cl3N3O5. The van der Waals surface area contributed by atoms with Gasteiger partial charge in [0.1, 0.15) is 11.5 Å². The number of piperidine rings is 1. The number of primary amides is 1. The van der Waals surface area contributed by atoms with Crippen LogP contribution in [0, 0.1) is 0 Å². The van der Waals surface area contributed by atoms with Crippen molar-refractivity contribution < 1.29 is 23.9 Å². The lowest BCUT2D eigenvalue weighted by Gasteiger charge is -2.31. The zero-order chi connectivity index (χ0) is 31.8. The van der Waals surface area contributed by atoms with Crippen LogP contribution >= 0.6 is 34.8 Å². The van der Waals surface area contributed by atoms with Crippen molar-refractivity contribution in [3.8, 4) is 22.8 Å². The number of pyridine rings is 1. The maximum Gasteiger partial charge on any atom is 0.250 e. The summed E-state index contributed by atoms with van der Waals surface area (Å²) in [4.78, 5) is 49.7. The molecule has 0 unspecified atom stereocenters. The summed E-state index contributed by atoms with van der Waals surface area (Å²) < 4.78 is 5.85. The third-order valence-electron chi connectivity index (χ3n) is 6.14. The topological polar surface area (TPSA) is 120 Å². The molecule has 1 aliphatic heterocycles. The molecule has 2 aromatic carbocycles. The maximum atomic E-state index is 12.0. The molecule has 226 valence electrons. The summed E-state index contributed by atoms with van der Waals surface area (Å²) in [7, 11) is 0. The first-order valence-electron chi connectivity index (χ1n) is 13.2. The summed E-state index contributed by atoms with van der Waals surface area (Å²) in [6, 6.07) is 20.6. The fourth-order valence-electron chi connectivity index (χ4n) is 4.02. The van der Waals surface area contributed by atoms with Crippen LogP contribution < -0.4 is 10.5 Å². The van der Waals surface area contributed by atoms with Crippen LogP contribution in [-0.4, -0.2) is 51.2 Å². The lowest BCUT2D eigenvalue weighted by atomic mass is 9.91. The van der Waals surface area contributed by atoms with Gasteiger partial charge in [0, 0.05) is 42.6 Å². The van der Waals surface area contributed by atoms with Gasteiger partial charge in [-0.25, -0.2) is 0 Å². The summed E-state index contributed by atoms with van der Waals surface area (Å²) in [5, 5.41) is -0.880. The predicted octanol–water partition coefficient (Wildman–Crippen LogP) is 6.85. The van der Waals surface area contributed by atoms with Crippen LogP contribution in [0.5, 0.6) is 11.5 Å². The number of carbonyl (C=O) groups is 4. The number of halogens is 3. The minimum absolute atomic E-state index is 0.0426. The van der Waals surface area contributed by atoms with E-state index in [1.165, 1.54) is 6.08 Å². The Morgan fingerprint density at radius 3 is 1.95 bits per heavy atom. The van der Waals surface area contributed by atoms with E-state index in [1.807, 2.05) is 60.7 Å². The van der Waals surface area contributed by atoms with Gasteiger partial charge in [-0.3, -0.25) is 24.2 Å². The molecule has 0 spiro atoms. The molecule has 0 atom stereocenters. The Kier molecular flexibility index (Phi) is 15.2. The molecule has 4 rings (SSSR count). The summed E-state index contributed by atoms with van der Waals surface area (Å²) in [5.74, 6) is 1.41. The molecule has 0 aliphatic carbocycles. The average Bonchev–Trinajstić information content (AvgIpc) is 3.02. The first-order valence-corrected chi connectivity index (χ1v) is 14.5. The van der Waals surface area contributed by atoms with Gasteiger partial charge >= 0.3 is 0 Å². The summed E-state index contributed by atoms with van der Waals surface area (Å²) in [5.41, 5.74) is 8.26. The number of nitrogens with zero attached hydrogens (tertiary/aromatic N) is 2. The highest BCUT2D eigenvalue weighted by Gasteiger charge is 2.25. The fourth-order valence-corrected chi connectivity index (χ4v) is 4.39. The van der Waals surface area contributed by atoms with E-state index in [1.54, 1.807) is 11.0 Å². The number of likely N-dealkylation sites (tertiary alicyclic amines) is 1. The van der Waals surface area contributed by atoms with E-state index in [-0.39, 0.29) is 23.5 Å². The number of alkyl halides is 1. The minimum atomic E-state index is -0.518. The van der Waals surface area contributed by atoms with Crippen molar-refractivity contribution in [2.45, 2.75) is 25.2 Å². The average molecular weight is 645 g/mol. The summed E-state index contributed by atoms with van der Waals surface area (Å²) in [6.45, 7) is 7.96. The van der Waals surface area contributed by atoms with E-state index in [0.29, 0.717) is 36.0 Å². The smallest absolute Gasteiger partial charge is 0.250 e. The normalized spacial score (nSPS) is 12.4. The number of benzene rings is 2. The molecule has 1 aliphatic rings. The van der Waals surface area contributed by atoms with E-state index < -0.39 is 11.1 Å². The number of para-hydroxylation sites is 1. The van der Waals surface area contributed by atoms with Crippen LogP contribution in [0.4, 0.5) is 0 Å². The highest BCUT2D eigenvalue weighted by molar-refractivity contribution is 6.66. The van der Waals surface area contributed by atoms with Gasteiger partial charge in [0.2, 0.25) is 16.4 Å². The van der Waals surface area contributed by atoms with Gasteiger partial charge in [0.15, 0.2) is 0 Å². The number of hydrogen-bond donors (Lipinski definition) is 1. The van der Waals surface area contributed by atoms with Crippen LogP contribution in [0.3, 0.4) is 0 Å². The number of amides is 2. The van der Waals surface area contributed by atoms with Gasteiger partial charge in [0.25, 0.3) is 5.91 Å². The Labute approximate surface area is 266 Å². The second kappa shape index (κ2) is 18.5. The first-order chi connectivity index (χ1) is 20.6. The molecule has 1 fully saturated rings. The molecule has 0 radical (unpaired) electrons. The number of hydrogen-bond acceptors (Lipinski definition) is 6. The number of rotatable bonds is 9. The number of carbonyl (C=O) groups excluding carboxylic acids is 4. The lowest BCUT2D eigenvalue weighted by molar-refractivity contribution is -0.127. The lowest BCUT2D eigenvalue weighted by Crippen LogP contribution is -2.37. The maximum absolute atomic E-state index is 12.0. The van der Waals surface area contributed by atoms with Crippen molar-refractivity contribution in [1.82, 2.24) is 9.88 Å². The Bertz CT molecular complexity index is 1410. The molecule has 43 heavy (non-hydrogen) atoms. The largest absolute Gasteiger partial charge is 0.457 e. The SMILES string of the molecule is C=CC(=O)Cl.C=CC(=O)N1CCC(c2ccc(C(N)=O)c(-c3ccc(Oc4ccccc4)cc3)n2)CC1.O=C(Cl)CCCl. The fraction of sp³-hybridized carbons (Fsp3) is 0.219. The second-order valence-electron chi connectivity index (χ2n) is 9.04. The molecule has 3 aromatic rings. The monoisotopic (exact) mass is 643 g/mol. The quantitative estimate of drug-likeness (QED) is 0.155. The van der Waals surface area contributed by atoms with Gasteiger partial charge in [-0.15, -0.1) is 11.6 Å². The molecule has 2 amide bonds. The van der Waals surface area contributed by atoms with Crippen LogP contribution in [-0.2, 0) is 14.4 Å². The highest BCUT2D eigenvalue weighted by Crippen LogP contribution is 2.31. The molecule has 1 aromatic heterocycles. The van der Waals surface area contributed by atoms with Crippen molar-refractivity contribution in [1.29, 1.82) is 0 Å². The highest BCUT2D eigenvalue weighted by atomic mass is 35.5. The summed E-state index contributed by atoms with van der Waals surface area (Å²) in [6.07, 6.45) is 4.28. The Morgan fingerprint density at radius 2 is 1.49 bits per heavy atom. The molecule has 2 heterocycles. The van der Waals surface area contributed by atoms with Crippen LogP contribution in [0.2, 0.25) is 0 Å². The Balaban J connectivity index is 0.000000502. The van der Waals surface area contributed by atoms with E-state index in [0.717, 1.165) is 35.9 Å². The van der Waals surface area contributed by atoms with Gasteiger partial charge < -0.3 is 15.4 Å². The van der Waals surface area contributed by atoms with Gasteiger partial charge in [-0.1, -0.05) is 31.4 Å². The van der Waals surface area contributed by atoms with E-state index in [4.69, 9.17) is 50.3 Å². The van der Waals surface area contributed by atoms with Gasteiger partial charge in [-0.2, -0.15) is 0 Å². The van der Waals surface area contributed by atoms with Crippen molar-refractivity contribution >= 4 is 57.1 Å². The molecular weight excluding hydrogens is 613 g/mol. The van der Waals surface area contributed by atoms with Crippen molar-refractivity contribution in [2.75, 3.05) is 19.0 Å². The molecule has 1 saturated heterocycles. The zero-order valence-electron chi connectivity index (χ0n) is 23.4. The standard InChI is InChI=1S/C26H25N3O3.C3H4Cl2O.C3H3ClO/c1-2-24(30)29-16-14-18(15-17-29)23-13-12-22(26(27)31)25(28-23)19-8-10-21(11-9-19)32-20-6-4-3-5-7-20;4-2-1-3(5)6;1-2-3(4)5/h2-13,18H,1,14-17H2,(H2,27,31);1-2H2;2H,1H2. The molecule has 8 nitrogen and oxygen atoms in total. The Hall–Kier alpha value is -3.98. The number of aromatic nitrogens is 1. The van der Waals surface area contributed by atoms with E-state index in [2.05, 4.69) is 13.2 Å². The molecule has 0 bridgehead atoms.